The third-order valence-corrected chi connectivity index (χ3v) is 12.4. The summed E-state index contributed by atoms with van der Waals surface area (Å²) in [4.78, 5) is 38.2. The molecule has 0 saturated heterocycles. The van der Waals surface area contributed by atoms with Crippen LogP contribution in [0.2, 0.25) is 0 Å². The average molecular weight is 1090 g/mol. The van der Waals surface area contributed by atoms with Gasteiger partial charge in [-0.05, 0) is 141 Å². The van der Waals surface area contributed by atoms with Gasteiger partial charge in [0.05, 0.1) is 0 Å². The second kappa shape index (κ2) is 65.0. The molecule has 0 aromatic carbocycles. The van der Waals surface area contributed by atoms with Crippen molar-refractivity contribution in [3.8, 4) is 0 Å². The fourth-order valence-electron chi connectivity index (χ4n) is 7.84. The van der Waals surface area contributed by atoms with Crippen LogP contribution >= 0.6 is 0 Å². The Bertz CT molecular complexity index is 1870. The summed E-state index contributed by atoms with van der Waals surface area (Å²) in [7, 11) is 0. The Morgan fingerprint density at radius 3 is 0.785 bits per heavy atom. The Balaban J connectivity index is 4.35. The summed E-state index contributed by atoms with van der Waals surface area (Å²) >= 11 is 0. The van der Waals surface area contributed by atoms with Crippen LogP contribution in [0.5, 0.6) is 0 Å². The molecular weight excluding hydrogens is 973 g/mol. The first-order chi connectivity index (χ1) is 39.0. The van der Waals surface area contributed by atoms with E-state index in [0.29, 0.717) is 12.8 Å². The van der Waals surface area contributed by atoms with Crippen molar-refractivity contribution in [3.05, 3.63) is 182 Å². The van der Waals surface area contributed by atoms with Crippen LogP contribution in [-0.4, -0.2) is 37.2 Å². The van der Waals surface area contributed by atoms with E-state index < -0.39 is 6.10 Å². The number of allylic oxidation sites excluding steroid dienone is 30. The molecule has 0 heterocycles. The highest BCUT2D eigenvalue weighted by molar-refractivity contribution is 5.71. The lowest BCUT2D eigenvalue weighted by atomic mass is 10.1. The number of hydrogen-bond acceptors (Lipinski definition) is 6. The largest absolute Gasteiger partial charge is 0.462 e. The predicted octanol–water partition coefficient (Wildman–Crippen LogP) is 21.7. The molecule has 0 aromatic heterocycles. The van der Waals surface area contributed by atoms with Gasteiger partial charge in [0.15, 0.2) is 6.10 Å². The Morgan fingerprint density at radius 2 is 0.481 bits per heavy atom. The summed E-state index contributed by atoms with van der Waals surface area (Å²) in [5.74, 6) is -1.04. The fourth-order valence-corrected chi connectivity index (χ4v) is 7.84. The van der Waals surface area contributed by atoms with Gasteiger partial charge in [-0.15, -0.1) is 0 Å². The minimum absolute atomic E-state index is 0.120. The minimum atomic E-state index is -0.829. The molecule has 79 heavy (non-hydrogen) atoms. The SMILES string of the molecule is CC/C=C\C/C=C\C/C=C\C/C=C\C/C=C\C/C=C\C/C=C\C/C=C\CCCCCCCCCCC(=O)OCC(COC(=O)CC/C=C\C/C=C\C/C=C\C/C=C\CC)OC(=O)CCCCCCC/C=C\C/C=C\C/C=C\CC. The molecule has 0 bridgehead atoms. The minimum Gasteiger partial charge on any atom is -0.462 e. The van der Waals surface area contributed by atoms with Crippen LogP contribution in [0, 0.1) is 0 Å². The van der Waals surface area contributed by atoms with Gasteiger partial charge in [0, 0.05) is 19.3 Å². The standard InChI is InChI=1S/C73H112O6/c1-4-7-10-13-16-19-22-25-27-28-29-30-31-32-33-34-35-36-37-38-39-40-41-42-43-44-46-48-51-54-57-60-63-66-72(75)78-69-70(68-77-71(74)65-62-59-56-53-50-47-24-21-18-15-12-9-6-3)79-73(76)67-64-61-58-55-52-49-45-26-23-20-17-14-11-8-5-2/h7-12,16-21,25-27,29-30,32-33,35-36,38-39,41-42,45,47,50,56,59,70H,4-6,13-15,22-24,28,31,34,37,40,43-44,46,48-49,51-55,57-58,60-69H2,1-3H3/b10-7-,11-8-,12-9-,19-16-,20-17-,21-18-,27-25-,30-29-,33-32-,36-35-,39-38-,42-41-,45-26-,50-47-,59-56-. The fraction of sp³-hybridized carbons (Fsp3) is 0.548. The molecule has 0 aromatic rings. The van der Waals surface area contributed by atoms with Gasteiger partial charge >= 0.3 is 17.9 Å². The third kappa shape index (κ3) is 63.2. The molecule has 0 spiro atoms. The lowest BCUT2D eigenvalue weighted by Gasteiger charge is -2.18. The maximum Gasteiger partial charge on any atom is 0.306 e. The number of ether oxygens (including phenoxy) is 3. The highest BCUT2D eigenvalue weighted by Crippen LogP contribution is 2.14. The molecule has 0 amide bonds. The number of esters is 3. The van der Waals surface area contributed by atoms with Crippen LogP contribution in [0.1, 0.15) is 239 Å². The van der Waals surface area contributed by atoms with E-state index in [1.165, 1.54) is 32.1 Å². The van der Waals surface area contributed by atoms with Crippen molar-refractivity contribution in [2.24, 2.45) is 0 Å². The monoisotopic (exact) mass is 1080 g/mol. The summed E-state index contributed by atoms with van der Waals surface area (Å²) < 4.78 is 16.8. The van der Waals surface area contributed by atoms with E-state index in [-0.39, 0.29) is 44.0 Å². The Labute approximate surface area is 484 Å². The maximum atomic E-state index is 12.9. The van der Waals surface area contributed by atoms with E-state index in [0.717, 1.165) is 161 Å². The molecule has 6 heteroatoms. The average Bonchev–Trinajstić information content (AvgIpc) is 3.45. The zero-order valence-corrected chi connectivity index (χ0v) is 50.3. The smallest absolute Gasteiger partial charge is 0.306 e. The van der Waals surface area contributed by atoms with E-state index in [1.54, 1.807) is 0 Å². The van der Waals surface area contributed by atoms with Crippen molar-refractivity contribution >= 4 is 17.9 Å². The second-order valence-electron chi connectivity index (χ2n) is 19.8. The number of rotatable bonds is 54. The van der Waals surface area contributed by atoms with E-state index in [2.05, 4.69) is 191 Å². The van der Waals surface area contributed by atoms with Crippen molar-refractivity contribution in [1.29, 1.82) is 0 Å². The van der Waals surface area contributed by atoms with Crippen LogP contribution in [0.15, 0.2) is 182 Å². The van der Waals surface area contributed by atoms with Gasteiger partial charge in [-0.1, -0.05) is 261 Å². The molecule has 0 saturated carbocycles. The summed E-state index contributed by atoms with van der Waals surface area (Å²) in [5, 5.41) is 0. The highest BCUT2D eigenvalue weighted by atomic mass is 16.6. The zero-order chi connectivity index (χ0) is 57.1. The first-order valence-electron chi connectivity index (χ1n) is 31.3. The van der Waals surface area contributed by atoms with Crippen molar-refractivity contribution in [2.75, 3.05) is 13.2 Å². The van der Waals surface area contributed by atoms with Gasteiger partial charge in [-0.3, -0.25) is 14.4 Å². The molecule has 0 N–H and O–H groups in total. The summed E-state index contributed by atoms with van der Waals surface area (Å²) in [5.41, 5.74) is 0. The molecule has 0 aliphatic carbocycles. The Morgan fingerprint density at radius 1 is 0.253 bits per heavy atom. The highest BCUT2D eigenvalue weighted by Gasteiger charge is 2.19. The molecule has 0 aliphatic rings. The maximum absolute atomic E-state index is 12.9. The predicted molar refractivity (Wildman–Crippen MR) is 343 cm³/mol. The van der Waals surface area contributed by atoms with Gasteiger partial charge in [0.1, 0.15) is 13.2 Å². The first kappa shape index (κ1) is 73.5. The molecule has 1 unspecified atom stereocenters. The normalized spacial score (nSPS) is 13.4. The lowest BCUT2D eigenvalue weighted by molar-refractivity contribution is -0.166. The first-order valence-corrected chi connectivity index (χ1v) is 31.3. The molecule has 0 fully saturated rings. The Kier molecular flexibility index (Phi) is 60.5. The molecule has 1 atom stereocenters. The Hall–Kier alpha value is -5.49. The molecular formula is C73H112O6. The van der Waals surface area contributed by atoms with Gasteiger partial charge < -0.3 is 14.2 Å². The van der Waals surface area contributed by atoms with E-state index in [9.17, 15) is 14.4 Å². The number of carbonyl (C=O) groups is 3. The topological polar surface area (TPSA) is 78.9 Å². The van der Waals surface area contributed by atoms with Gasteiger partial charge in [0.2, 0.25) is 0 Å². The van der Waals surface area contributed by atoms with Crippen molar-refractivity contribution in [3.63, 3.8) is 0 Å². The molecule has 0 rings (SSSR count). The summed E-state index contributed by atoms with van der Waals surface area (Å²) in [6.07, 6.45) is 97.7. The molecule has 440 valence electrons. The van der Waals surface area contributed by atoms with Crippen LogP contribution < -0.4 is 0 Å². The quantitative estimate of drug-likeness (QED) is 0.0261. The van der Waals surface area contributed by atoms with Crippen molar-refractivity contribution in [1.82, 2.24) is 0 Å². The lowest BCUT2D eigenvalue weighted by Crippen LogP contribution is -2.30. The van der Waals surface area contributed by atoms with Crippen molar-refractivity contribution < 1.29 is 28.6 Å². The van der Waals surface area contributed by atoms with Gasteiger partial charge in [0.25, 0.3) is 0 Å². The molecule has 0 radical (unpaired) electrons. The van der Waals surface area contributed by atoms with Crippen molar-refractivity contribution in [2.45, 2.75) is 245 Å². The molecule has 0 aliphatic heterocycles. The zero-order valence-electron chi connectivity index (χ0n) is 50.3. The molecule has 6 nitrogen and oxygen atoms in total. The van der Waals surface area contributed by atoms with E-state index >= 15 is 0 Å². The van der Waals surface area contributed by atoms with Gasteiger partial charge in [-0.2, -0.15) is 0 Å². The number of hydrogen-bond donors (Lipinski definition) is 0. The number of carbonyl (C=O) groups excluding carboxylic acids is 3. The summed E-state index contributed by atoms with van der Waals surface area (Å²) in [6.45, 7) is 6.19. The van der Waals surface area contributed by atoms with E-state index in [1.807, 2.05) is 12.2 Å². The van der Waals surface area contributed by atoms with Crippen LogP contribution in [0.4, 0.5) is 0 Å². The summed E-state index contributed by atoms with van der Waals surface area (Å²) in [6, 6.07) is 0. The van der Waals surface area contributed by atoms with Crippen LogP contribution in [-0.2, 0) is 28.6 Å². The van der Waals surface area contributed by atoms with Crippen LogP contribution in [0.3, 0.4) is 0 Å². The van der Waals surface area contributed by atoms with E-state index in [4.69, 9.17) is 14.2 Å². The third-order valence-electron chi connectivity index (χ3n) is 12.4. The van der Waals surface area contributed by atoms with Crippen LogP contribution in [0.25, 0.3) is 0 Å². The van der Waals surface area contributed by atoms with Gasteiger partial charge in [-0.25, -0.2) is 0 Å². The number of unbranched alkanes of at least 4 members (excludes halogenated alkanes) is 13. The second-order valence-corrected chi connectivity index (χ2v) is 19.8.